The molecule has 0 spiro atoms. The molecule has 14 heavy (non-hydrogen) atoms. The quantitative estimate of drug-likeness (QED) is 0.474. The Morgan fingerprint density at radius 3 is 2.50 bits per heavy atom. The Morgan fingerprint density at radius 2 is 2.07 bits per heavy atom. The van der Waals surface area contributed by atoms with Crippen molar-refractivity contribution < 1.29 is 13.7 Å². The lowest BCUT2D eigenvalue weighted by atomic mass is 10.3. The fourth-order valence-electron chi connectivity index (χ4n) is 0.753. The van der Waals surface area contributed by atoms with Crippen LogP contribution in [0.5, 0.6) is 0 Å². The van der Waals surface area contributed by atoms with Crippen LogP contribution in [-0.4, -0.2) is 9.91 Å². The van der Waals surface area contributed by atoms with Gasteiger partial charge in [0.05, 0.1) is 5.56 Å². The zero-order valence-corrected chi connectivity index (χ0v) is 9.55. The van der Waals surface area contributed by atoms with E-state index in [1.807, 2.05) is 0 Å². The van der Waals surface area contributed by atoms with E-state index in [-0.39, 0.29) is 14.6 Å². The summed E-state index contributed by atoms with van der Waals surface area (Å²) in [6, 6.07) is 0.972. The molecule has 4 nitrogen and oxygen atoms in total. The lowest BCUT2D eigenvalue weighted by Crippen LogP contribution is -1.97. The molecule has 0 aliphatic rings. The summed E-state index contributed by atoms with van der Waals surface area (Å²) in [6.45, 7) is 0. The molecule has 0 radical (unpaired) electrons. The molecule has 1 aromatic rings. The first kappa shape index (κ1) is 11.4. The molecule has 0 amide bonds. The summed E-state index contributed by atoms with van der Waals surface area (Å²) in [5.41, 5.74) is -0.387. The molecule has 8 heteroatoms. The second-order valence-electron chi connectivity index (χ2n) is 2.23. The Labute approximate surface area is 93.7 Å². The summed E-state index contributed by atoms with van der Waals surface area (Å²) in [5.74, 6) is -0.499. The van der Waals surface area contributed by atoms with Crippen LogP contribution in [0.4, 0.5) is 14.6 Å². The second-order valence-corrected chi connectivity index (χ2v) is 3.84. The molecular weight excluding hydrogens is 330 g/mol. The predicted octanol–water partition coefficient (Wildman–Crippen LogP) is 3.45. The Balaban J connectivity index is 3.31. The SMILES string of the molecule is O=[N+]([O-])c1nc(Br)c(C(F)F)cc1Br. The first-order valence-corrected chi connectivity index (χ1v) is 4.80. The highest BCUT2D eigenvalue weighted by Crippen LogP contribution is 2.32. The smallest absolute Gasteiger partial charge is 0.358 e. The summed E-state index contributed by atoms with van der Waals surface area (Å²) >= 11 is 5.53. The van der Waals surface area contributed by atoms with Crippen molar-refractivity contribution in [3.8, 4) is 0 Å². The lowest BCUT2D eigenvalue weighted by molar-refractivity contribution is -0.390. The maximum absolute atomic E-state index is 12.3. The van der Waals surface area contributed by atoms with Crippen molar-refractivity contribution >= 4 is 37.7 Å². The highest BCUT2D eigenvalue weighted by Gasteiger charge is 2.23. The molecule has 0 unspecified atom stereocenters. The number of aromatic nitrogens is 1. The van der Waals surface area contributed by atoms with E-state index in [2.05, 4.69) is 36.8 Å². The van der Waals surface area contributed by atoms with Gasteiger partial charge in [-0.2, -0.15) is 0 Å². The lowest BCUT2D eigenvalue weighted by Gasteiger charge is -2.01. The van der Waals surface area contributed by atoms with E-state index in [1.165, 1.54) is 0 Å². The standard InChI is InChI=1S/C6H2Br2F2N2O2/c7-3-1-2(5(9)10)4(8)11-6(3)12(13)14/h1,5H. The molecule has 0 saturated carbocycles. The van der Waals surface area contributed by atoms with Crippen LogP contribution >= 0.6 is 31.9 Å². The molecule has 1 aromatic heterocycles. The minimum absolute atomic E-state index is 0.0685. The average molecular weight is 332 g/mol. The van der Waals surface area contributed by atoms with Crippen molar-refractivity contribution in [2.24, 2.45) is 0 Å². The van der Waals surface area contributed by atoms with Gasteiger partial charge >= 0.3 is 5.82 Å². The molecular formula is C6H2Br2F2N2O2. The van der Waals surface area contributed by atoms with Gasteiger partial charge in [0.25, 0.3) is 6.43 Å². The van der Waals surface area contributed by atoms with Crippen LogP contribution in [0.15, 0.2) is 15.1 Å². The average Bonchev–Trinajstić information content (AvgIpc) is 2.07. The molecule has 76 valence electrons. The van der Waals surface area contributed by atoms with Crippen LogP contribution in [0.2, 0.25) is 0 Å². The third-order valence-corrected chi connectivity index (χ3v) is 2.56. The fourth-order valence-corrected chi connectivity index (χ4v) is 1.69. The highest BCUT2D eigenvalue weighted by atomic mass is 79.9. The molecule has 0 saturated heterocycles. The van der Waals surface area contributed by atoms with Crippen LogP contribution in [0.3, 0.4) is 0 Å². The number of nitro groups is 1. The van der Waals surface area contributed by atoms with Gasteiger partial charge in [-0.05, 0) is 31.9 Å². The van der Waals surface area contributed by atoms with Crippen molar-refractivity contribution in [3.63, 3.8) is 0 Å². The number of alkyl halides is 2. The molecule has 0 bridgehead atoms. The predicted molar refractivity (Wildman–Crippen MR) is 51.2 cm³/mol. The Morgan fingerprint density at radius 1 is 1.50 bits per heavy atom. The van der Waals surface area contributed by atoms with Crippen LogP contribution in [-0.2, 0) is 0 Å². The maximum Gasteiger partial charge on any atom is 0.378 e. The van der Waals surface area contributed by atoms with Gasteiger partial charge in [0.1, 0.15) is 4.47 Å². The zero-order valence-electron chi connectivity index (χ0n) is 6.38. The van der Waals surface area contributed by atoms with E-state index in [0.29, 0.717) is 0 Å². The van der Waals surface area contributed by atoms with Crippen LogP contribution in [0, 0.1) is 10.1 Å². The molecule has 0 aliphatic heterocycles. The first-order chi connectivity index (χ1) is 6.43. The largest absolute Gasteiger partial charge is 0.378 e. The van der Waals surface area contributed by atoms with Gasteiger partial charge in [-0.25, -0.2) is 8.78 Å². The monoisotopic (exact) mass is 330 g/mol. The summed E-state index contributed by atoms with van der Waals surface area (Å²) in [5, 5.41) is 10.4. The topological polar surface area (TPSA) is 56.0 Å². The maximum atomic E-state index is 12.3. The van der Waals surface area contributed by atoms with Gasteiger partial charge in [0.2, 0.25) is 4.60 Å². The van der Waals surface area contributed by atoms with E-state index in [0.717, 1.165) is 6.07 Å². The number of hydrogen-bond acceptors (Lipinski definition) is 3. The summed E-state index contributed by atoms with van der Waals surface area (Å²) in [7, 11) is 0. The first-order valence-electron chi connectivity index (χ1n) is 3.22. The van der Waals surface area contributed by atoms with Crippen molar-refractivity contribution in [3.05, 3.63) is 30.8 Å². The molecule has 0 N–H and O–H groups in total. The third kappa shape index (κ3) is 2.24. The number of hydrogen-bond donors (Lipinski definition) is 0. The molecule has 0 fully saturated rings. The summed E-state index contributed by atoms with van der Waals surface area (Å²) < 4.78 is 24.3. The Bertz CT molecular complexity index is 386. The van der Waals surface area contributed by atoms with E-state index < -0.39 is 17.2 Å². The fraction of sp³-hybridized carbons (Fsp3) is 0.167. The van der Waals surface area contributed by atoms with Gasteiger partial charge < -0.3 is 10.1 Å². The van der Waals surface area contributed by atoms with E-state index >= 15 is 0 Å². The number of nitrogens with zero attached hydrogens (tertiary/aromatic N) is 2. The summed E-state index contributed by atoms with van der Waals surface area (Å²) in [4.78, 5) is 13.0. The second kappa shape index (κ2) is 4.26. The van der Waals surface area contributed by atoms with Crippen molar-refractivity contribution in [2.75, 3.05) is 0 Å². The van der Waals surface area contributed by atoms with Gasteiger partial charge in [-0.15, -0.1) is 0 Å². The van der Waals surface area contributed by atoms with Crippen LogP contribution < -0.4 is 0 Å². The van der Waals surface area contributed by atoms with Gasteiger partial charge in [-0.3, -0.25) is 0 Å². The molecule has 0 atom stereocenters. The molecule has 1 heterocycles. The van der Waals surface area contributed by atoms with E-state index in [4.69, 9.17) is 0 Å². The molecule has 0 aliphatic carbocycles. The van der Waals surface area contributed by atoms with Gasteiger partial charge in [-0.1, -0.05) is 0 Å². The van der Waals surface area contributed by atoms with Gasteiger partial charge in [0, 0.05) is 15.9 Å². The molecule has 0 aromatic carbocycles. The number of halogens is 4. The minimum Gasteiger partial charge on any atom is -0.358 e. The zero-order chi connectivity index (χ0) is 10.9. The van der Waals surface area contributed by atoms with Crippen LogP contribution in [0.25, 0.3) is 0 Å². The van der Waals surface area contributed by atoms with Gasteiger partial charge in [0.15, 0.2) is 0 Å². The normalized spacial score (nSPS) is 10.6. The third-order valence-electron chi connectivity index (χ3n) is 1.35. The van der Waals surface area contributed by atoms with E-state index in [9.17, 15) is 18.9 Å². The van der Waals surface area contributed by atoms with Crippen molar-refractivity contribution in [2.45, 2.75) is 6.43 Å². The van der Waals surface area contributed by atoms with Crippen molar-refractivity contribution in [1.29, 1.82) is 0 Å². The number of pyridine rings is 1. The Hall–Kier alpha value is -0.630. The minimum atomic E-state index is -2.73. The highest BCUT2D eigenvalue weighted by molar-refractivity contribution is 9.11. The van der Waals surface area contributed by atoms with Crippen molar-refractivity contribution in [1.82, 2.24) is 4.98 Å². The van der Waals surface area contributed by atoms with E-state index in [1.54, 1.807) is 0 Å². The molecule has 1 rings (SSSR count). The summed E-state index contributed by atoms with van der Waals surface area (Å²) in [6.07, 6.45) is -2.73. The van der Waals surface area contributed by atoms with Crippen LogP contribution in [0.1, 0.15) is 12.0 Å². The Kier molecular flexibility index (Phi) is 3.48. The number of rotatable bonds is 2.